The summed E-state index contributed by atoms with van der Waals surface area (Å²) in [7, 11) is 1.65. The molecule has 0 atom stereocenters. The minimum atomic E-state index is -0.573. The van der Waals surface area contributed by atoms with Gasteiger partial charge in [-0.05, 0) is 53.4 Å². The van der Waals surface area contributed by atoms with Crippen molar-refractivity contribution < 1.29 is 14.0 Å². The average molecular weight is 529 g/mol. The standard InChI is InChI=1S/C28H24N4O5S/c1-30(21-6-3-2-4-7-21)24(33)18-31-23-13-15-38-25(23)27(35)32(28(31)36)17-19-9-11-20(12-10-19)26(34)29-16-22-8-5-14-37-22/h2-15H,16-18H2,1H3,(H,29,34). The quantitative estimate of drug-likeness (QED) is 0.332. The van der Waals surface area contributed by atoms with E-state index in [-0.39, 0.29) is 31.4 Å². The van der Waals surface area contributed by atoms with Crippen LogP contribution in [-0.4, -0.2) is 28.0 Å². The van der Waals surface area contributed by atoms with Gasteiger partial charge in [0, 0.05) is 18.3 Å². The minimum Gasteiger partial charge on any atom is -0.467 e. The van der Waals surface area contributed by atoms with Crippen LogP contribution in [0.2, 0.25) is 0 Å². The smallest absolute Gasteiger partial charge is 0.332 e. The Kier molecular flexibility index (Phi) is 7.05. The number of likely N-dealkylation sites (N-methyl/N-ethyl adjacent to an activating group) is 1. The van der Waals surface area contributed by atoms with E-state index >= 15 is 0 Å². The molecule has 2 amide bonds. The van der Waals surface area contributed by atoms with Crippen LogP contribution in [0.5, 0.6) is 0 Å². The normalized spacial score (nSPS) is 11.0. The molecule has 0 saturated carbocycles. The largest absolute Gasteiger partial charge is 0.467 e. The number of furan rings is 1. The van der Waals surface area contributed by atoms with Crippen molar-refractivity contribution in [2.24, 2.45) is 0 Å². The molecule has 0 spiro atoms. The van der Waals surface area contributed by atoms with Gasteiger partial charge in [-0.1, -0.05) is 30.3 Å². The molecule has 0 radical (unpaired) electrons. The lowest BCUT2D eigenvalue weighted by Gasteiger charge is -2.19. The Morgan fingerprint density at radius 3 is 2.42 bits per heavy atom. The molecule has 0 fully saturated rings. The monoisotopic (exact) mass is 528 g/mol. The molecular weight excluding hydrogens is 504 g/mol. The van der Waals surface area contributed by atoms with Crippen molar-refractivity contribution in [3.05, 3.63) is 122 Å². The lowest BCUT2D eigenvalue weighted by Crippen LogP contribution is -2.42. The molecule has 0 aliphatic rings. The molecule has 0 unspecified atom stereocenters. The number of anilines is 1. The maximum atomic E-state index is 13.5. The van der Waals surface area contributed by atoms with E-state index in [1.165, 1.54) is 27.1 Å². The van der Waals surface area contributed by atoms with Crippen molar-refractivity contribution in [3.8, 4) is 0 Å². The molecule has 38 heavy (non-hydrogen) atoms. The highest BCUT2D eigenvalue weighted by molar-refractivity contribution is 7.17. The summed E-state index contributed by atoms with van der Waals surface area (Å²) in [5, 5.41) is 4.51. The number of thiophene rings is 1. The summed E-state index contributed by atoms with van der Waals surface area (Å²) in [5.41, 5.74) is 1.25. The highest BCUT2D eigenvalue weighted by Crippen LogP contribution is 2.17. The van der Waals surface area contributed by atoms with Crippen molar-refractivity contribution in [1.29, 1.82) is 0 Å². The van der Waals surface area contributed by atoms with Gasteiger partial charge >= 0.3 is 5.69 Å². The van der Waals surface area contributed by atoms with E-state index in [1.54, 1.807) is 54.9 Å². The van der Waals surface area contributed by atoms with Crippen LogP contribution < -0.4 is 21.5 Å². The van der Waals surface area contributed by atoms with Gasteiger partial charge in [0.25, 0.3) is 11.5 Å². The van der Waals surface area contributed by atoms with Gasteiger partial charge in [-0.25, -0.2) is 4.79 Å². The first-order valence-corrected chi connectivity index (χ1v) is 12.7. The van der Waals surface area contributed by atoms with Crippen LogP contribution in [0.1, 0.15) is 21.7 Å². The zero-order valence-electron chi connectivity index (χ0n) is 20.5. The first-order valence-electron chi connectivity index (χ1n) is 11.8. The third-order valence-electron chi connectivity index (χ3n) is 6.21. The van der Waals surface area contributed by atoms with Gasteiger partial charge < -0.3 is 14.6 Å². The number of nitrogens with one attached hydrogen (secondary N) is 1. The SMILES string of the molecule is CN(C(=O)Cn1c(=O)n(Cc2ccc(C(=O)NCc3ccco3)cc2)c(=O)c2sccc21)c1ccccc1. The molecule has 5 rings (SSSR count). The summed E-state index contributed by atoms with van der Waals surface area (Å²) in [6.45, 7) is 0.0521. The van der Waals surface area contributed by atoms with Gasteiger partial charge in [0.1, 0.15) is 17.0 Å². The first kappa shape index (κ1) is 25.0. The van der Waals surface area contributed by atoms with Crippen LogP contribution in [-0.2, 0) is 24.4 Å². The molecule has 3 heterocycles. The summed E-state index contributed by atoms with van der Waals surface area (Å²) in [6.07, 6.45) is 1.54. The number of fused-ring (bicyclic) bond motifs is 1. The number of benzene rings is 2. The zero-order chi connectivity index (χ0) is 26.6. The Hall–Kier alpha value is -4.70. The van der Waals surface area contributed by atoms with Crippen molar-refractivity contribution in [1.82, 2.24) is 14.5 Å². The number of nitrogens with zero attached hydrogens (tertiary/aromatic N) is 3. The van der Waals surface area contributed by atoms with Crippen LogP contribution in [0, 0.1) is 0 Å². The predicted octanol–water partition coefficient (Wildman–Crippen LogP) is 3.46. The molecule has 2 aromatic carbocycles. The third kappa shape index (κ3) is 5.07. The summed E-state index contributed by atoms with van der Waals surface area (Å²) in [5.74, 6) is 0.0810. The maximum Gasteiger partial charge on any atom is 0.332 e. The van der Waals surface area contributed by atoms with Crippen LogP contribution in [0.4, 0.5) is 5.69 Å². The maximum absolute atomic E-state index is 13.5. The zero-order valence-corrected chi connectivity index (χ0v) is 21.3. The Morgan fingerprint density at radius 2 is 1.71 bits per heavy atom. The van der Waals surface area contributed by atoms with E-state index in [9.17, 15) is 19.2 Å². The van der Waals surface area contributed by atoms with Crippen LogP contribution in [0.25, 0.3) is 10.2 Å². The predicted molar refractivity (Wildman–Crippen MR) is 146 cm³/mol. The van der Waals surface area contributed by atoms with Crippen molar-refractivity contribution in [3.63, 3.8) is 0 Å². The second-order valence-corrected chi connectivity index (χ2v) is 9.56. The first-order chi connectivity index (χ1) is 18.4. The van der Waals surface area contributed by atoms with Crippen molar-refractivity contribution in [2.75, 3.05) is 11.9 Å². The van der Waals surface area contributed by atoms with Crippen LogP contribution in [0.3, 0.4) is 0 Å². The second-order valence-electron chi connectivity index (χ2n) is 8.64. The van der Waals surface area contributed by atoms with E-state index in [4.69, 9.17) is 4.42 Å². The number of amides is 2. The lowest BCUT2D eigenvalue weighted by atomic mass is 10.1. The van der Waals surface area contributed by atoms with Gasteiger partial charge in [0.15, 0.2) is 0 Å². The second kappa shape index (κ2) is 10.7. The average Bonchev–Trinajstić information content (AvgIpc) is 3.65. The van der Waals surface area contributed by atoms with E-state index in [2.05, 4.69) is 5.32 Å². The number of carbonyl (C=O) groups excluding carboxylic acids is 2. The number of carbonyl (C=O) groups is 2. The minimum absolute atomic E-state index is 0.00250. The third-order valence-corrected chi connectivity index (χ3v) is 7.10. The molecule has 9 nitrogen and oxygen atoms in total. The fraction of sp³-hybridized carbons (Fsp3) is 0.143. The van der Waals surface area contributed by atoms with E-state index in [0.717, 1.165) is 4.57 Å². The van der Waals surface area contributed by atoms with E-state index < -0.39 is 11.2 Å². The fourth-order valence-electron chi connectivity index (χ4n) is 4.09. The van der Waals surface area contributed by atoms with Crippen LogP contribution >= 0.6 is 11.3 Å². The summed E-state index contributed by atoms with van der Waals surface area (Å²) >= 11 is 1.23. The summed E-state index contributed by atoms with van der Waals surface area (Å²) in [6, 6.07) is 21.0. The number of rotatable bonds is 8. The molecule has 3 aromatic heterocycles. The Balaban J connectivity index is 1.38. The highest BCUT2D eigenvalue weighted by atomic mass is 32.1. The molecule has 5 aromatic rings. The topological polar surface area (TPSA) is 107 Å². The van der Waals surface area contributed by atoms with E-state index in [0.29, 0.717) is 32.8 Å². The summed E-state index contributed by atoms with van der Waals surface area (Å²) in [4.78, 5) is 53.6. The number of aromatic nitrogens is 2. The summed E-state index contributed by atoms with van der Waals surface area (Å²) < 4.78 is 8.08. The molecule has 1 N–H and O–H groups in total. The molecule has 0 saturated heterocycles. The number of hydrogen-bond acceptors (Lipinski definition) is 6. The molecule has 10 heteroatoms. The number of para-hydroxylation sites is 1. The van der Waals surface area contributed by atoms with Crippen molar-refractivity contribution in [2.45, 2.75) is 19.6 Å². The molecule has 0 aliphatic carbocycles. The Labute approximate surface area is 221 Å². The van der Waals surface area contributed by atoms with E-state index in [1.807, 2.05) is 30.3 Å². The Morgan fingerprint density at radius 1 is 0.947 bits per heavy atom. The van der Waals surface area contributed by atoms with Crippen LogP contribution in [0.15, 0.2) is 98.4 Å². The molecule has 0 aliphatic heterocycles. The van der Waals surface area contributed by atoms with Gasteiger partial charge in [0.2, 0.25) is 5.91 Å². The lowest BCUT2D eigenvalue weighted by molar-refractivity contribution is -0.118. The highest BCUT2D eigenvalue weighted by Gasteiger charge is 2.19. The molecule has 192 valence electrons. The molecular formula is C28H24N4O5S. The van der Waals surface area contributed by atoms with Gasteiger partial charge in [0.05, 0.1) is 24.9 Å². The number of hydrogen-bond donors (Lipinski definition) is 1. The Bertz CT molecular complexity index is 1700. The van der Waals surface area contributed by atoms with Gasteiger partial charge in [-0.3, -0.25) is 23.5 Å². The van der Waals surface area contributed by atoms with Crippen molar-refractivity contribution >= 4 is 39.1 Å². The fourth-order valence-corrected chi connectivity index (χ4v) is 4.93. The van der Waals surface area contributed by atoms with Gasteiger partial charge in [-0.2, -0.15) is 0 Å². The van der Waals surface area contributed by atoms with Gasteiger partial charge in [-0.15, -0.1) is 11.3 Å². The molecule has 0 bridgehead atoms.